The molecule has 0 unspecified atom stereocenters. The zero-order valence-corrected chi connectivity index (χ0v) is 18.4. The smallest absolute Gasteiger partial charge is 0.387 e. The van der Waals surface area contributed by atoms with Gasteiger partial charge in [0.15, 0.2) is 17.5 Å². The summed E-state index contributed by atoms with van der Waals surface area (Å²) in [5.41, 5.74) is 0.485. The number of amides is 1. The summed E-state index contributed by atoms with van der Waals surface area (Å²) in [6, 6.07) is 5.26. The number of halogens is 2. The van der Waals surface area contributed by atoms with Crippen LogP contribution >= 0.6 is 0 Å². The predicted octanol–water partition coefficient (Wildman–Crippen LogP) is 3.58. The fourth-order valence-electron chi connectivity index (χ4n) is 3.52. The molecule has 1 aromatic rings. The predicted molar refractivity (Wildman–Crippen MR) is 117 cm³/mol. The first-order valence-corrected chi connectivity index (χ1v) is 11.0. The van der Waals surface area contributed by atoms with Crippen LogP contribution in [0.1, 0.15) is 57.9 Å². The topological polar surface area (TPSA) is 84.0 Å². The van der Waals surface area contributed by atoms with Crippen LogP contribution < -0.4 is 25.4 Å². The molecule has 3 N–H and O–H groups in total. The van der Waals surface area contributed by atoms with Gasteiger partial charge in [0, 0.05) is 31.1 Å². The number of aliphatic imine (C=N–C) groups is 1. The number of alkyl halides is 2. The molecule has 7 nitrogen and oxygen atoms in total. The summed E-state index contributed by atoms with van der Waals surface area (Å²) in [7, 11) is 0. The third-order valence-electron chi connectivity index (χ3n) is 4.93. The van der Waals surface area contributed by atoms with Crippen molar-refractivity contribution in [2.75, 3.05) is 19.7 Å². The van der Waals surface area contributed by atoms with Gasteiger partial charge in [-0.15, -0.1) is 0 Å². The van der Waals surface area contributed by atoms with Crippen molar-refractivity contribution in [3.63, 3.8) is 0 Å². The molecule has 0 aliphatic heterocycles. The Morgan fingerprint density at radius 1 is 1.19 bits per heavy atom. The van der Waals surface area contributed by atoms with Crippen molar-refractivity contribution >= 4 is 11.9 Å². The van der Waals surface area contributed by atoms with Crippen LogP contribution in [0.2, 0.25) is 0 Å². The molecule has 31 heavy (non-hydrogen) atoms. The number of para-hydroxylation sites is 1. The standard InChI is InChI=1S/C22H34F2N4O3/c1-3-25-22(26-14-13-19(29)28-17-10-6-5-7-11-17)27-15-16-9-8-12-18(30-4-2)20(16)31-21(23)24/h8-9,12,17,21H,3-7,10-11,13-15H2,1-2H3,(H,28,29)(H2,25,26,27). The second-order valence-corrected chi connectivity index (χ2v) is 7.33. The third-order valence-corrected chi connectivity index (χ3v) is 4.93. The lowest BCUT2D eigenvalue weighted by Gasteiger charge is -2.22. The van der Waals surface area contributed by atoms with E-state index < -0.39 is 6.61 Å². The molecule has 2 rings (SSSR count). The molecule has 1 aromatic carbocycles. The van der Waals surface area contributed by atoms with Gasteiger partial charge in [0.2, 0.25) is 5.91 Å². The van der Waals surface area contributed by atoms with E-state index in [0.717, 1.165) is 12.8 Å². The number of carbonyl (C=O) groups excluding carboxylic acids is 1. The van der Waals surface area contributed by atoms with Crippen LogP contribution in [0.4, 0.5) is 8.78 Å². The molecule has 1 fully saturated rings. The van der Waals surface area contributed by atoms with Crippen molar-refractivity contribution in [3.8, 4) is 11.5 Å². The van der Waals surface area contributed by atoms with E-state index >= 15 is 0 Å². The number of rotatable bonds is 11. The molecule has 1 amide bonds. The van der Waals surface area contributed by atoms with Crippen molar-refractivity contribution in [2.45, 2.75) is 71.6 Å². The summed E-state index contributed by atoms with van der Waals surface area (Å²) in [5.74, 6) is 0.767. The van der Waals surface area contributed by atoms with Gasteiger partial charge >= 0.3 is 6.61 Å². The number of nitrogens with zero attached hydrogens (tertiary/aromatic N) is 1. The van der Waals surface area contributed by atoms with Crippen molar-refractivity contribution < 1.29 is 23.0 Å². The monoisotopic (exact) mass is 440 g/mol. The van der Waals surface area contributed by atoms with Gasteiger partial charge in [-0.25, -0.2) is 4.99 Å². The van der Waals surface area contributed by atoms with Crippen LogP contribution in [0, 0.1) is 0 Å². The molecule has 9 heteroatoms. The van der Waals surface area contributed by atoms with Gasteiger partial charge in [-0.2, -0.15) is 8.78 Å². The number of hydrogen-bond donors (Lipinski definition) is 3. The lowest BCUT2D eigenvalue weighted by Crippen LogP contribution is -2.41. The zero-order chi connectivity index (χ0) is 22.5. The summed E-state index contributed by atoms with van der Waals surface area (Å²) in [4.78, 5) is 16.6. The molecular weight excluding hydrogens is 406 g/mol. The Morgan fingerprint density at radius 2 is 1.97 bits per heavy atom. The van der Waals surface area contributed by atoms with E-state index in [4.69, 9.17) is 4.74 Å². The number of hydrogen-bond acceptors (Lipinski definition) is 4. The Hall–Kier alpha value is -2.58. The molecule has 1 saturated carbocycles. The summed E-state index contributed by atoms with van der Waals surface area (Å²) in [5, 5.41) is 9.30. The fraction of sp³-hybridized carbons (Fsp3) is 0.636. The van der Waals surface area contributed by atoms with Gasteiger partial charge in [-0.1, -0.05) is 31.4 Å². The highest BCUT2D eigenvalue weighted by molar-refractivity contribution is 5.81. The van der Waals surface area contributed by atoms with Gasteiger partial charge < -0.3 is 25.4 Å². The van der Waals surface area contributed by atoms with Gasteiger partial charge in [0.05, 0.1) is 13.2 Å². The molecule has 0 spiro atoms. The maximum atomic E-state index is 12.9. The summed E-state index contributed by atoms with van der Waals surface area (Å²) in [6.07, 6.45) is 6.01. The lowest BCUT2D eigenvalue weighted by atomic mass is 9.95. The largest absolute Gasteiger partial charge is 0.490 e. The van der Waals surface area contributed by atoms with Crippen LogP contribution in [0.25, 0.3) is 0 Å². The molecular formula is C22H34F2N4O3. The van der Waals surface area contributed by atoms with Crippen molar-refractivity contribution in [3.05, 3.63) is 23.8 Å². The minimum atomic E-state index is -2.96. The number of guanidine groups is 1. The number of ether oxygens (including phenoxy) is 2. The average molecular weight is 441 g/mol. The van der Waals surface area contributed by atoms with Crippen LogP contribution in [-0.2, 0) is 11.3 Å². The first kappa shape index (κ1) is 24.7. The number of nitrogens with one attached hydrogen (secondary N) is 3. The maximum absolute atomic E-state index is 12.9. The van der Waals surface area contributed by atoms with Crippen molar-refractivity contribution in [1.82, 2.24) is 16.0 Å². The Bertz CT molecular complexity index is 710. The van der Waals surface area contributed by atoms with E-state index in [1.54, 1.807) is 25.1 Å². The summed E-state index contributed by atoms with van der Waals surface area (Å²) < 4.78 is 35.8. The minimum Gasteiger partial charge on any atom is -0.490 e. The number of carbonyl (C=O) groups is 1. The molecule has 0 bridgehead atoms. The SMILES string of the molecule is CCNC(=NCc1cccc(OCC)c1OC(F)F)NCCC(=O)NC1CCCCC1. The van der Waals surface area contributed by atoms with Crippen molar-refractivity contribution in [1.29, 1.82) is 0 Å². The normalized spacial score (nSPS) is 14.9. The first-order valence-electron chi connectivity index (χ1n) is 11.0. The number of benzene rings is 1. The molecule has 1 aliphatic carbocycles. The highest BCUT2D eigenvalue weighted by atomic mass is 19.3. The van der Waals surface area contributed by atoms with E-state index in [2.05, 4.69) is 25.7 Å². The molecule has 0 aromatic heterocycles. The lowest BCUT2D eigenvalue weighted by molar-refractivity contribution is -0.121. The molecule has 0 saturated heterocycles. The second kappa shape index (κ2) is 13.7. The van der Waals surface area contributed by atoms with Crippen LogP contribution in [0.5, 0.6) is 11.5 Å². The van der Waals surface area contributed by atoms with Crippen LogP contribution in [0.3, 0.4) is 0 Å². The van der Waals surface area contributed by atoms with E-state index in [-0.39, 0.29) is 30.0 Å². The van der Waals surface area contributed by atoms with Gasteiger partial charge in [-0.05, 0) is 32.8 Å². The molecule has 0 atom stereocenters. The molecule has 174 valence electrons. The minimum absolute atomic E-state index is 0.00851. The van der Waals surface area contributed by atoms with Gasteiger partial charge in [-0.3, -0.25) is 4.79 Å². The second-order valence-electron chi connectivity index (χ2n) is 7.33. The van der Waals surface area contributed by atoms with E-state index in [1.807, 2.05) is 6.92 Å². The van der Waals surface area contributed by atoms with Gasteiger partial charge in [0.25, 0.3) is 0 Å². The Labute approximate surface area is 183 Å². The molecule has 0 radical (unpaired) electrons. The quantitative estimate of drug-likeness (QED) is 0.362. The first-order chi connectivity index (χ1) is 15.0. The Kier molecular flexibility index (Phi) is 10.9. The van der Waals surface area contributed by atoms with Crippen LogP contribution in [0.15, 0.2) is 23.2 Å². The van der Waals surface area contributed by atoms with Crippen LogP contribution in [-0.4, -0.2) is 44.2 Å². The third kappa shape index (κ3) is 8.98. The highest BCUT2D eigenvalue weighted by Crippen LogP contribution is 2.33. The zero-order valence-electron chi connectivity index (χ0n) is 18.4. The van der Waals surface area contributed by atoms with E-state index in [1.165, 1.54) is 19.3 Å². The summed E-state index contributed by atoms with van der Waals surface area (Å²) >= 11 is 0. The highest BCUT2D eigenvalue weighted by Gasteiger charge is 2.17. The maximum Gasteiger partial charge on any atom is 0.387 e. The Balaban J connectivity index is 1.94. The van der Waals surface area contributed by atoms with Gasteiger partial charge in [0.1, 0.15) is 0 Å². The molecule has 1 aliphatic rings. The average Bonchev–Trinajstić information content (AvgIpc) is 2.74. The van der Waals surface area contributed by atoms with E-state index in [0.29, 0.717) is 37.6 Å². The van der Waals surface area contributed by atoms with Crippen molar-refractivity contribution in [2.24, 2.45) is 4.99 Å². The molecule has 0 heterocycles. The Morgan fingerprint density at radius 3 is 2.65 bits per heavy atom. The van der Waals surface area contributed by atoms with E-state index in [9.17, 15) is 13.6 Å². The summed E-state index contributed by atoms with van der Waals surface area (Å²) in [6.45, 7) is 2.23. The fourth-order valence-corrected chi connectivity index (χ4v) is 3.52.